The number of hydrogen-bond donors (Lipinski definition) is 2. The summed E-state index contributed by atoms with van der Waals surface area (Å²) >= 11 is 0. The van der Waals surface area contributed by atoms with E-state index in [-0.39, 0.29) is 17.5 Å². The van der Waals surface area contributed by atoms with Gasteiger partial charge in [-0.25, -0.2) is 4.98 Å². The molecule has 0 unspecified atom stereocenters. The predicted molar refractivity (Wildman–Crippen MR) is 89.9 cm³/mol. The zero-order valence-corrected chi connectivity index (χ0v) is 14.0. The lowest BCUT2D eigenvalue weighted by Gasteiger charge is -2.24. The minimum atomic E-state index is -4.64. The van der Waals surface area contributed by atoms with Crippen LogP contribution in [-0.2, 0) is 10.9 Å². The Morgan fingerprint density at radius 3 is 2.81 bits per heavy atom. The van der Waals surface area contributed by atoms with Crippen molar-refractivity contribution in [1.29, 1.82) is 5.26 Å². The van der Waals surface area contributed by atoms with E-state index >= 15 is 0 Å². The number of ether oxygens (including phenoxy) is 1. The third kappa shape index (κ3) is 4.42. The topological polar surface area (TPSA) is 87.0 Å². The number of nitrogens with zero attached hydrogens (tertiary/aromatic N) is 2. The van der Waals surface area contributed by atoms with Gasteiger partial charge in [-0.15, -0.1) is 0 Å². The van der Waals surface area contributed by atoms with E-state index in [0.717, 1.165) is 18.7 Å². The minimum Gasteiger partial charge on any atom is -0.371 e. The Kier molecular flexibility index (Phi) is 5.39. The summed E-state index contributed by atoms with van der Waals surface area (Å²) in [5, 5.41) is 15.0. The quantitative estimate of drug-likeness (QED) is 0.860. The van der Waals surface area contributed by atoms with Crippen LogP contribution in [0.25, 0.3) is 0 Å². The van der Waals surface area contributed by atoms with Crippen LogP contribution in [0.4, 0.5) is 18.9 Å². The lowest BCUT2D eigenvalue weighted by atomic mass is 10.0. The molecule has 2 heterocycles. The first-order valence-corrected chi connectivity index (χ1v) is 8.10. The number of pyridine rings is 1. The first kappa shape index (κ1) is 18.8. The summed E-state index contributed by atoms with van der Waals surface area (Å²) in [5.41, 5.74) is -0.237. The summed E-state index contributed by atoms with van der Waals surface area (Å²) in [6.45, 7) is 1.82. The lowest BCUT2D eigenvalue weighted by molar-refractivity contribution is -0.141. The Morgan fingerprint density at radius 1 is 1.33 bits per heavy atom. The van der Waals surface area contributed by atoms with Crippen LogP contribution in [0.3, 0.4) is 0 Å². The van der Waals surface area contributed by atoms with Gasteiger partial charge in [0.25, 0.3) is 5.91 Å². The van der Waals surface area contributed by atoms with Crippen molar-refractivity contribution >= 4 is 11.6 Å². The zero-order valence-electron chi connectivity index (χ0n) is 14.0. The summed E-state index contributed by atoms with van der Waals surface area (Å²) in [7, 11) is 0. The number of halogens is 3. The molecule has 6 nitrogen and oxygen atoms in total. The number of morpholine rings is 1. The maximum absolute atomic E-state index is 12.7. The number of nitriles is 1. The second kappa shape index (κ2) is 7.73. The second-order valence-corrected chi connectivity index (χ2v) is 5.84. The van der Waals surface area contributed by atoms with Gasteiger partial charge in [-0.3, -0.25) is 4.79 Å². The van der Waals surface area contributed by atoms with Gasteiger partial charge < -0.3 is 15.4 Å². The number of anilines is 1. The van der Waals surface area contributed by atoms with Crippen LogP contribution in [-0.4, -0.2) is 30.6 Å². The maximum atomic E-state index is 12.7. The molecule has 140 valence electrons. The highest BCUT2D eigenvalue weighted by atomic mass is 19.4. The van der Waals surface area contributed by atoms with Gasteiger partial charge in [0.05, 0.1) is 24.3 Å². The molecular weight excluding hydrogens is 361 g/mol. The molecule has 1 saturated heterocycles. The average Bonchev–Trinajstić information content (AvgIpc) is 2.68. The first-order valence-electron chi connectivity index (χ1n) is 8.10. The molecule has 0 radical (unpaired) electrons. The number of hydrogen-bond acceptors (Lipinski definition) is 5. The molecule has 0 bridgehead atoms. The van der Waals surface area contributed by atoms with E-state index in [9.17, 15) is 23.2 Å². The van der Waals surface area contributed by atoms with Crippen molar-refractivity contribution in [3.63, 3.8) is 0 Å². The van der Waals surface area contributed by atoms with Crippen LogP contribution in [0.1, 0.15) is 33.4 Å². The Bertz CT molecular complexity index is 887. The van der Waals surface area contributed by atoms with Gasteiger partial charge in [0.2, 0.25) is 0 Å². The molecule has 2 N–H and O–H groups in total. The van der Waals surface area contributed by atoms with E-state index in [4.69, 9.17) is 4.74 Å². The van der Waals surface area contributed by atoms with Crippen molar-refractivity contribution in [3.05, 3.63) is 58.9 Å². The Balaban J connectivity index is 1.79. The summed E-state index contributed by atoms with van der Waals surface area (Å²) in [4.78, 5) is 15.6. The van der Waals surface area contributed by atoms with Crippen molar-refractivity contribution in [2.75, 3.05) is 25.0 Å². The van der Waals surface area contributed by atoms with Crippen LogP contribution < -0.4 is 10.6 Å². The monoisotopic (exact) mass is 376 g/mol. The normalized spacial score (nSPS) is 17.2. The van der Waals surface area contributed by atoms with E-state index in [1.807, 2.05) is 0 Å². The van der Waals surface area contributed by atoms with Gasteiger partial charge in [0.1, 0.15) is 11.4 Å². The van der Waals surface area contributed by atoms with Crippen LogP contribution in [0.5, 0.6) is 0 Å². The van der Waals surface area contributed by atoms with Gasteiger partial charge >= 0.3 is 6.18 Å². The van der Waals surface area contributed by atoms with Gasteiger partial charge in [-0.2, -0.15) is 18.4 Å². The number of aromatic nitrogens is 1. The van der Waals surface area contributed by atoms with Gasteiger partial charge in [0.15, 0.2) is 0 Å². The molecule has 27 heavy (non-hydrogen) atoms. The Morgan fingerprint density at radius 2 is 2.15 bits per heavy atom. The fraction of sp³-hybridized carbons (Fsp3) is 0.278. The molecule has 1 aromatic heterocycles. The van der Waals surface area contributed by atoms with E-state index in [2.05, 4.69) is 21.7 Å². The van der Waals surface area contributed by atoms with Crippen molar-refractivity contribution in [2.24, 2.45) is 0 Å². The van der Waals surface area contributed by atoms with Crippen molar-refractivity contribution in [3.8, 4) is 6.07 Å². The van der Waals surface area contributed by atoms with E-state index in [0.29, 0.717) is 24.3 Å². The van der Waals surface area contributed by atoms with Crippen LogP contribution in [0, 0.1) is 11.3 Å². The fourth-order valence-corrected chi connectivity index (χ4v) is 2.69. The minimum absolute atomic E-state index is 0.275. The summed E-state index contributed by atoms with van der Waals surface area (Å²) in [6, 6.07) is 9.82. The molecule has 0 spiro atoms. The summed E-state index contributed by atoms with van der Waals surface area (Å²) in [5.74, 6) is -0.798. The predicted octanol–water partition coefficient (Wildman–Crippen LogP) is 2.89. The van der Waals surface area contributed by atoms with Crippen LogP contribution >= 0.6 is 0 Å². The Labute approximate surface area is 153 Å². The summed E-state index contributed by atoms with van der Waals surface area (Å²) < 4.78 is 43.8. The van der Waals surface area contributed by atoms with Gasteiger partial charge in [0, 0.05) is 18.8 Å². The van der Waals surface area contributed by atoms with E-state index < -0.39 is 17.8 Å². The molecule has 1 amide bonds. The molecule has 1 aliphatic rings. The largest absolute Gasteiger partial charge is 0.433 e. The third-order valence-corrected chi connectivity index (χ3v) is 3.98. The fourth-order valence-electron chi connectivity index (χ4n) is 2.69. The maximum Gasteiger partial charge on any atom is 0.433 e. The number of benzene rings is 1. The van der Waals surface area contributed by atoms with Crippen molar-refractivity contribution < 1.29 is 22.7 Å². The molecule has 9 heteroatoms. The van der Waals surface area contributed by atoms with Crippen LogP contribution in [0.15, 0.2) is 36.4 Å². The molecule has 2 aromatic rings. The highest BCUT2D eigenvalue weighted by molar-refractivity contribution is 6.03. The molecule has 1 atom stereocenters. The molecule has 1 aromatic carbocycles. The van der Waals surface area contributed by atoms with E-state index in [1.165, 1.54) is 12.1 Å². The standard InChI is InChI=1S/C18H15F3N4O2/c19-18(20,21)16-3-1-2-14(25-16)17(26)24-12-4-5-13(11(8-12)9-22)15-10-23-6-7-27-15/h1-5,8,15,23H,6-7,10H2,(H,24,26)/t15-/m0/s1. The molecule has 0 aliphatic carbocycles. The highest BCUT2D eigenvalue weighted by Crippen LogP contribution is 2.28. The molecule has 1 aliphatic heterocycles. The third-order valence-electron chi connectivity index (χ3n) is 3.98. The van der Waals surface area contributed by atoms with Gasteiger partial charge in [-0.1, -0.05) is 12.1 Å². The number of carbonyl (C=O) groups is 1. The highest BCUT2D eigenvalue weighted by Gasteiger charge is 2.33. The van der Waals surface area contributed by atoms with Crippen molar-refractivity contribution in [2.45, 2.75) is 12.3 Å². The zero-order chi connectivity index (χ0) is 19.4. The number of alkyl halides is 3. The second-order valence-electron chi connectivity index (χ2n) is 5.84. The SMILES string of the molecule is N#Cc1cc(NC(=O)c2cccc(C(F)(F)F)n2)ccc1[C@@H]1CNCCO1. The first-order chi connectivity index (χ1) is 12.9. The number of carbonyl (C=O) groups excluding carboxylic acids is 1. The molecular formula is C18H15F3N4O2. The van der Waals surface area contributed by atoms with E-state index in [1.54, 1.807) is 12.1 Å². The smallest absolute Gasteiger partial charge is 0.371 e. The number of rotatable bonds is 3. The van der Waals surface area contributed by atoms with Crippen molar-refractivity contribution in [1.82, 2.24) is 10.3 Å². The Hall–Kier alpha value is -2.96. The molecule has 0 saturated carbocycles. The number of nitrogens with one attached hydrogen (secondary N) is 2. The molecule has 1 fully saturated rings. The lowest BCUT2D eigenvalue weighted by Crippen LogP contribution is -2.33. The summed E-state index contributed by atoms with van der Waals surface area (Å²) in [6.07, 6.45) is -4.91. The number of amides is 1. The van der Waals surface area contributed by atoms with Gasteiger partial charge in [-0.05, 0) is 29.8 Å². The average molecular weight is 376 g/mol. The van der Waals surface area contributed by atoms with Crippen LogP contribution in [0.2, 0.25) is 0 Å². The molecule has 3 rings (SSSR count).